The predicted octanol–water partition coefficient (Wildman–Crippen LogP) is 4.45. The number of fused-ring (bicyclic) bond motifs is 4. The maximum Gasteiger partial charge on any atom is 0.267 e. The Hall–Kier alpha value is -4.82. The van der Waals surface area contributed by atoms with Gasteiger partial charge >= 0.3 is 0 Å². The van der Waals surface area contributed by atoms with Gasteiger partial charge in [-0.1, -0.05) is 30.3 Å². The molecule has 0 saturated heterocycles. The molecule has 0 aliphatic heterocycles. The second-order valence-electron chi connectivity index (χ2n) is 9.46. The minimum atomic E-state index is -0.568. The highest BCUT2D eigenvalue weighted by atomic mass is 16.5. The Morgan fingerprint density at radius 2 is 1.85 bits per heavy atom. The summed E-state index contributed by atoms with van der Waals surface area (Å²) in [4.78, 5) is 34.7. The third-order valence-electron chi connectivity index (χ3n) is 7.20. The monoisotopic (exact) mass is 518 g/mol. The average molecular weight is 519 g/mol. The van der Waals surface area contributed by atoms with E-state index in [-0.39, 0.29) is 11.3 Å². The third kappa shape index (κ3) is 4.15. The van der Waals surface area contributed by atoms with E-state index >= 15 is 0 Å². The molecule has 5 aromatic rings. The highest BCUT2D eigenvalue weighted by Gasteiger charge is 2.29. The molecule has 2 N–H and O–H groups in total. The lowest BCUT2D eigenvalue weighted by Crippen LogP contribution is -2.19. The fraction of sp³-hybridized carbons (Fsp3) is 0.161. The molecule has 0 unspecified atom stereocenters. The van der Waals surface area contributed by atoms with Crippen LogP contribution in [-0.4, -0.2) is 40.8 Å². The van der Waals surface area contributed by atoms with E-state index in [1.54, 1.807) is 30.3 Å². The number of ether oxygens (including phenoxy) is 2. The second kappa shape index (κ2) is 9.81. The maximum absolute atomic E-state index is 13.4. The second-order valence-corrected chi connectivity index (χ2v) is 9.46. The summed E-state index contributed by atoms with van der Waals surface area (Å²) < 4.78 is 12.5. The fourth-order valence-corrected chi connectivity index (χ4v) is 5.35. The standard InChI is InChI=1S/C31H26N4O4/c1-18-21(7-5-9-27(18)35-17-34-26-8-4-3-6-23(26)31(35)37)25-16-33-29(30(32)36)24-15-19-14-20(39-13-12-38-2)10-11-22(19)28(24)25/h3-11,14,16-17H,12-13,15H2,1-2H3,(H2,32,36). The number of methoxy groups -OCH3 is 1. The minimum absolute atomic E-state index is 0.139. The Balaban J connectivity index is 1.51. The first-order chi connectivity index (χ1) is 19.0. The van der Waals surface area contributed by atoms with Gasteiger partial charge in [0.2, 0.25) is 0 Å². The van der Waals surface area contributed by atoms with Gasteiger partial charge in [0.15, 0.2) is 0 Å². The van der Waals surface area contributed by atoms with Crippen LogP contribution in [0.4, 0.5) is 0 Å². The smallest absolute Gasteiger partial charge is 0.267 e. The normalized spacial score (nSPS) is 11.8. The van der Waals surface area contributed by atoms with Crippen LogP contribution in [-0.2, 0) is 11.2 Å². The number of hydrogen-bond acceptors (Lipinski definition) is 6. The summed E-state index contributed by atoms with van der Waals surface area (Å²) in [6.45, 7) is 2.91. The lowest BCUT2D eigenvalue weighted by Gasteiger charge is -2.17. The lowest BCUT2D eigenvalue weighted by atomic mass is 9.92. The molecule has 2 heterocycles. The van der Waals surface area contributed by atoms with Gasteiger partial charge in [0, 0.05) is 25.3 Å². The van der Waals surface area contributed by atoms with Crippen LogP contribution >= 0.6 is 0 Å². The van der Waals surface area contributed by atoms with E-state index in [0.717, 1.165) is 50.4 Å². The van der Waals surface area contributed by atoms with Crippen molar-refractivity contribution in [3.63, 3.8) is 0 Å². The van der Waals surface area contributed by atoms with Gasteiger partial charge in [0.25, 0.3) is 11.5 Å². The Morgan fingerprint density at radius 1 is 1.00 bits per heavy atom. The van der Waals surface area contributed by atoms with Crippen molar-refractivity contribution < 1.29 is 14.3 Å². The number of aromatic nitrogens is 3. The van der Waals surface area contributed by atoms with E-state index in [9.17, 15) is 9.59 Å². The molecule has 8 nitrogen and oxygen atoms in total. The molecular formula is C31H26N4O4. The molecule has 0 bridgehead atoms. The van der Waals surface area contributed by atoms with Crippen LogP contribution in [0.3, 0.4) is 0 Å². The van der Waals surface area contributed by atoms with E-state index in [1.165, 1.54) is 0 Å². The molecule has 6 rings (SSSR count). The first kappa shape index (κ1) is 24.5. The van der Waals surface area contributed by atoms with Crippen molar-refractivity contribution in [2.45, 2.75) is 13.3 Å². The molecule has 0 fully saturated rings. The van der Waals surface area contributed by atoms with E-state index < -0.39 is 5.91 Å². The van der Waals surface area contributed by atoms with E-state index in [4.69, 9.17) is 15.2 Å². The largest absolute Gasteiger partial charge is 0.491 e. The van der Waals surface area contributed by atoms with Crippen LogP contribution < -0.4 is 16.0 Å². The zero-order valence-electron chi connectivity index (χ0n) is 21.6. The van der Waals surface area contributed by atoms with Gasteiger partial charge in [-0.2, -0.15) is 0 Å². The number of primary amides is 1. The van der Waals surface area contributed by atoms with E-state index in [2.05, 4.69) is 9.97 Å². The number of hydrogen-bond donors (Lipinski definition) is 1. The van der Waals surface area contributed by atoms with E-state index in [0.29, 0.717) is 30.5 Å². The number of carbonyl (C=O) groups excluding carboxylic acids is 1. The summed E-state index contributed by atoms with van der Waals surface area (Å²) in [6.07, 6.45) is 3.78. The molecule has 194 valence electrons. The molecule has 8 heteroatoms. The topological polar surface area (TPSA) is 109 Å². The van der Waals surface area contributed by atoms with Crippen LogP contribution in [0.5, 0.6) is 5.75 Å². The number of rotatable bonds is 7. The molecule has 3 aromatic carbocycles. The number of para-hydroxylation sites is 1. The summed E-state index contributed by atoms with van der Waals surface area (Å²) in [6, 6.07) is 19.0. The van der Waals surface area contributed by atoms with Crippen LogP contribution in [0.2, 0.25) is 0 Å². The summed E-state index contributed by atoms with van der Waals surface area (Å²) in [5, 5.41) is 0.552. The molecule has 1 amide bonds. The first-order valence-electron chi connectivity index (χ1n) is 12.6. The molecule has 0 atom stereocenters. The van der Waals surface area contributed by atoms with Crippen molar-refractivity contribution in [3.8, 4) is 33.7 Å². The summed E-state index contributed by atoms with van der Waals surface area (Å²) in [5.41, 5.74) is 13.6. The molecule has 1 aliphatic rings. The van der Waals surface area contributed by atoms with Crippen LogP contribution in [0.25, 0.3) is 38.8 Å². The van der Waals surface area contributed by atoms with Crippen LogP contribution in [0.1, 0.15) is 27.2 Å². The van der Waals surface area contributed by atoms with Gasteiger partial charge in [0.1, 0.15) is 24.4 Å². The number of carbonyl (C=O) groups is 1. The van der Waals surface area contributed by atoms with Crippen molar-refractivity contribution in [1.29, 1.82) is 0 Å². The fourth-order valence-electron chi connectivity index (χ4n) is 5.35. The van der Waals surface area contributed by atoms with Crippen molar-refractivity contribution >= 4 is 16.8 Å². The van der Waals surface area contributed by atoms with Gasteiger partial charge < -0.3 is 15.2 Å². The summed E-state index contributed by atoms with van der Waals surface area (Å²) in [7, 11) is 1.63. The predicted molar refractivity (Wildman–Crippen MR) is 149 cm³/mol. The maximum atomic E-state index is 13.4. The van der Waals surface area contributed by atoms with Crippen LogP contribution in [0, 0.1) is 6.92 Å². The average Bonchev–Trinajstić information content (AvgIpc) is 3.32. The number of nitrogens with two attached hydrogens (primary N) is 1. The van der Waals surface area contributed by atoms with Crippen molar-refractivity contribution in [2.24, 2.45) is 5.73 Å². The zero-order chi connectivity index (χ0) is 27.1. The molecule has 0 spiro atoms. The number of pyridine rings is 1. The zero-order valence-corrected chi connectivity index (χ0v) is 21.6. The molecule has 1 aliphatic carbocycles. The number of benzene rings is 3. The van der Waals surface area contributed by atoms with Crippen molar-refractivity contribution in [1.82, 2.24) is 14.5 Å². The van der Waals surface area contributed by atoms with Gasteiger partial charge in [-0.15, -0.1) is 0 Å². The van der Waals surface area contributed by atoms with Crippen LogP contribution in [0.15, 0.2) is 78.0 Å². The third-order valence-corrected chi connectivity index (χ3v) is 7.20. The number of amides is 1. The van der Waals surface area contributed by atoms with Crippen molar-refractivity contribution in [3.05, 3.63) is 106 Å². The van der Waals surface area contributed by atoms with Gasteiger partial charge in [-0.3, -0.25) is 19.1 Å². The summed E-state index contributed by atoms with van der Waals surface area (Å²) >= 11 is 0. The highest BCUT2D eigenvalue weighted by molar-refractivity contribution is 6.00. The van der Waals surface area contributed by atoms with Gasteiger partial charge in [0.05, 0.1) is 23.2 Å². The Morgan fingerprint density at radius 3 is 2.67 bits per heavy atom. The SMILES string of the molecule is COCCOc1ccc2c(c1)Cc1c(C(N)=O)ncc(-c3cccc(-n4cnc5ccccc5c4=O)c3C)c1-2. The Kier molecular flexibility index (Phi) is 6.17. The molecule has 2 aromatic heterocycles. The first-order valence-corrected chi connectivity index (χ1v) is 12.6. The molecular weight excluding hydrogens is 492 g/mol. The molecule has 39 heavy (non-hydrogen) atoms. The number of nitrogens with zero attached hydrogens (tertiary/aromatic N) is 3. The summed E-state index contributed by atoms with van der Waals surface area (Å²) in [5.74, 6) is 0.163. The molecule has 0 saturated carbocycles. The van der Waals surface area contributed by atoms with Gasteiger partial charge in [-0.25, -0.2) is 4.98 Å². The van der Waals surface area contributed by atoms with Gasteiger partial charge in [-0.05, 0) is 70.6 Å². The van der Waals surface area contributed by atoms with E-state index in [1.807, 2.05) is 61.5 Å². The Bertz CT molecular complexity index is 1830. The highest BCUT2D eigenvalue weighted by Crippen LogP contribution is 2.45. The minimum Gasteiger partial charge on any atom is -0.491 e. The lowest BCUT2D eigenvalue weighted by molar-refractivity contribution is 0.0995. The quantitative estimate of drug-likeness (QED) is 0.313. The molecule has 0 radical (unpaired) electrons. The Labute approximate surface area is 224 Å². The van der Waals surface area contributed by atoms with Crippen molar-refractivity contribution in [2.75, 3.05) is 20.3 Å².